The smallest absolute Gasteiger partial charge is 0.239 e. The van der Waals surface area contributed by atoms with Crippen molar-refractivity contribution < 1.29 is 14.3 Å². The summed E-state index contributed by atoms with van der Waals surface area (Å²) in [6.07, 6.45) is 0. The quantitative estimate of drug-likeness (QED) is 0.843. The van der Waals surface area contributed by atoms with Crippen molar-refractivity contribution in [2.24, 2.45) is 0 Å². The molecule has 0 atom stereocenters. The summed E-state index contributed by atoms with van der Waals surface area (Å²) in [6.45, 7) is 4.29. The van der Waals surface area contributed by atoms with Gasteiger partial charge in [-0.3, -0.25) is 9.59 Å². The molecule has 0 fully saturated rings. The molecular weight excluding hydrogens is 316 g/mol. The minimum atomic E-state index is -0.201. The molecule has 0 unspecified atom stereocenters. The first-order valence-electron chi connectivity index (χ1n) is 8.19. The zero-order valence-electron chi connectivity index (χ0n) is 14.9. The number of ether oxygens (including phenoxy) is 1. The first kappa shape index (κ1) is 18.5. The van der Waals surface area contributed by atoms with E-state index in [1.165, 1.54) is 11.8 Å². The minimum absolute atomic E-state index is 0.0261. The molecule has 0 saturated carbocycles. The molecule has 0 bridgehead atoms. The molecule has 0 saturated heterocycles. The lowest BCUT2D eigenvalue weighted by Crippen LogP contribution is -2.39. The predicted octanol–water partition coefficient (Wildman–Crippen LogP) is 2.67. The second kappa shape index (κ2) is 8.87. The summed E-state index contributed by atoms with van der Waals surface area (Å²) in [5, 5.41) is 2.84. The van der Waals surface area contributed by atoms with E-state index in [4.69, 9.17) is 4.74 Å². The molecule has 25 heavy (non-hydrogen) atoms. The molecular formula is C20H24N2O3. The van der Waals surface area contributed by atoms with Crippen LogP contribution >= 0.6 is 0 Å². The van der Waals surface area contributed by atoms with Gasteiger partial charge in [-0.1, -0.05) is 48.0 Å². The number of carbonyl (C=O) groups excluding carboxylic acids is 2. The molecule has 5 nitrogen and oxygen atoms in total. The van der Waals surface area contributed by atoms with E-state index in [1.54, 1.807) is 7.11 Å². The Bertz CT molecular complexity index is 726. The Morgan fingerprint density at radius 3 is 2.40 bits per heavy atom. The van der Waals surface area contributed by atoms with Crippen LogP contribution in [-0.2, 0) is 22.7 Å². The maximum atomic E-state index is 12.2. The summed E-state index contributed by atoms with van der Waals surface area (Å²) in [5.74, 6) is 0.395. The van der Waals surface area contributed by atoms with Crippen molar-refractivity contribution in [3.8, 4) is 5.75 Å². The van der Waals surface area contributed by atoms with Gasteiger partial charge in [0, 0.05) is 25.6 Å². The van der Waals surface area contributed by atoms with E-state index in [2.05, 4.69) is 5.32 Å². The molecule has 0 aliphatic heterocycles. The van der Waals surface area contributed by atoms with Crippen LogP contribution < -0.4 is 10.1 Å². The number of aryl methyl sites for hydroxylation is 1. The van der Waals surface area contributed by atoms with Crippen molar-refractivity contribution in [3.63, 3.8) is 0 Å². The van der Waals surface area contributed by atoms with Gasteiger partial charge in [0.05, 0.1) is 13.7 Å². The van der Waals surface area contributed by atoms with E-state index < -0.39 is 0 Å². The maximum Gasteiger partial charge on any atom is 0.239 e. The lowest BCUT2D eigenvalue weighted by molar-refractivity contribution is -0.135. The Kier molecular flexibility index (Phi) is 6.57. The third kappa shape index (κ3) is 5.64. The molecule has 2 aromatic carbocycles. The number of carbonyl (C=O) groups is 2. The average molecular weight is 340 g/mol. The summed E-state index contributed by atoms with van der Waals surface area (Å²) in [6, 6.07) is 15.4. The van der Waals surface area contributed by atoms with Crippen molar-refractivity contribution in [3.05, 3.63) is 65.2 Å². The highest BCUT2D eigenvalue weighted by molar-refractivity contribution is 5.83. The van der Waals surface area contributed by atoms with Gasteiger partial charge in [-0.25, -0.2) is 0 Å². The molecule has 2 aromatic rings. The molecule has 5 heteroatoms. The van der Waals surface area contributed by atoms with Gasteiger partial charge in [-0.2, -0.15) is 0 Å². The molecule has 0 aliphatic rings. The van der Waals surface area contributed by atoms with Crippen LogP contribution in [0, 0.1) is 6.92 Å². The number of methoxy groups -OCH3 is 1. The normalized spacial score (nSPS) is 10.2. The molecule has 132 valence electrons. The Hall–Kier alpha value is -2.82. The van der Waals surface area contributed by atoms with Crippen LogP contribution in [0.15, 0.2) is 48.5 Å². The predicted molar refractivity (Wildman–Crippen MR) is 97.1 cm³/mol. The fourth-order valence-corrected chi connectivity index (χ4v) is 2.46. The van der Waals surface area contributed by atoms with E-state index in [9.17, 15) is 9.59 Å². The Morgan fingerprint density at radius 1 is 1.08 bits per heavy atom. The summed E-state index contributed by atoms with van der Waals surface area (Å²) in [5.41, 5.74) is 3.05. The average Bonchev–Trinajstić information content (AvgIpc) is 2.61. The lowest BCUT2D eigenvalue weighted by Gasteiger charge is -2.21. The fourth-order valence-electron chi connectivity index (χ4n) is 2.46. The highest BCUT2D eigenvalue weighted by Gasteiger charge is 2.14. The standard InChI is InChI=1S/C20H24N2O3/c1-15-8-10-17(11-9-15)13-22(16(2)23)14-20(24)21-12-18-6-4-5-7-19(18)25-3/h4-11H,12-14H2,1-3H3,(H,21,24). The topological polar surface area (TPSA) is 58.6 Å². The highest BCUT2D eigenvalue weighted by Crippen LogP contribution is 2.16. The van der Waals surface area contributed by atoms with Gasteiger partial charge in [-0.05, 0) is 18.6 Å². The van der Waals surface area contributed by atoms with Crippen LogP contribution in [-0.4, -0.2) is 30.4 Å². The maximum absolute atomic E-state index is 12.2. The van der Waals surface area contributed by atoms with E-state index in [0.717, 1.165) is 22.4 Å². The molecule has 2 amide bonds. The number of para-hydroxylation sites is 1. The molecule has 1 N–H and O–H groups in total. The van der Waals surface area contributed by atoms with Gasteiger partial charge in [0.2, 0.25) is 11.8 Å². The van der Waals surface area contributed by atoms with Crippen LogP contribution in [0.1, 0.15) is 23.6 Å². The Balaban J connectivity index is 1.93. The number of benzene rings is 2. The largest absolute Gasteiger partial charge is 0.496 e. The molecule has 0 aliphatic carbocycles. The zero-order valence-corrected chi connectivity index (χ0v) is 14.9. The van der Waals surface area contributed by atoms with Crippen molar-refractivity contribution in [2.75, 3.05) is 13.7 Å². The molecule has 0 aromatic heterocycles. The van der Waals surface area contributed by atoms with Crippen LogP contribution in [0.3, 0.4) is 0 Å². The van der Waals surface area contributed by atoms with Crippen molar-refractivity contribution in [2.45, 2.75) is 26.9 Å². The zero-order chi connectivity index (χ0) is 18.2. The van der Waals surface area contributed by atoms with Crippen molar-refractivity contribution in [1.82, 2.24) is 10.2 Å². The summed E-state index contributed by atoms with van der Waals surface area (Å²) >= 11 is 0. The van der Waals surface area contributed by atoms with Gasteiger partial charge >= 0.3 is 0 Å². The van der Waals surface area contributed by atoms with Gasteiger partial charge < -0.3 is 15.0 Å². The molecule has 2 rings (SSSR count). The van der Waals surface area contributed by atoms with Gasteiger partial charge in [0.15, 0.2) is 0 Å². The van der Waals surface area contributed by atoms with Crippen LogP contribution in [0.4, 0.5) is 0 Å². The third-order valence-electron chi connectivity index (χ3n) is 3.94. The number of hydrogen-bond donors (Lipinski definition) is 1. The summed E-state index contributed by atoms with van der Waals surface area (Å²) < 4.78 is 5.27. The molecule has 0 spiro atoms. The first-order valence-corrected chi connectivity index (χ1v) is 8.19. The lowest BCUT2D eigenvalue weighted by atomic mass is 10.1. The first-order chi connectivity index (χ1) is 12.0. The van der Waals surface area contributed by atoms with Gasteiger partial charge in [0.25, 0.3) is 0 Å². The SMILES string of the molecule is COc1ccccc1CNC(=O)CN(Cc1ccc(C)cc1)C(C)=O. The molecule has 0 heterocycles. The number of rotatable bonds is 7. The summed E-state index contributed by atoms with van der Waals surface area (Å²) in [7, 11) is 1.60. The van der Waals surface area contributed by atoms with Crippen molar-refractivity contribution in [1.29, 1.82) is 0 Å². The number of nitrogens with zero attached hydrogens (tertiary/aromatic N) is 1. The van der Waals surface area contributed by atoms with E-state index in [-0.39, 0.29) is 18.4 Å². The van der Waals surface area contributed by atoms with E-state index in [0.29, 0.717) is 13.1 Å². The van der Waals surface area contributed by atoms with Crippen LogP contribution in [0.25, 0.3) is 0 Å². The summed E-state index contributed by atoms with van der Waals surface area (Å²) in [4.78, 5) is 25.6. The van der Waals surface area contributed by atoms with Gasteiger partial charge in [0.1, 0.15) is 5.75 Å². The second-order valence-electron chi connectivity index (χ2n) is 5.95. The van der Waals surface area contributed by atoms with E-state index >= 15 is 0 Å². The van der Waals surface area contributed by atoms with Gasteiger partial charge in [-0.15, -0.1) is 0 Å². The third-order valence-corrected chi connectivity index (χ3v) is 3.94. The van der Waals surface area contributed by atoms with Crippen molar-refractivity contribution >= 4 is 11.8 Å². The number of hydrogen-bond acceptors (Lipinski definition) is 3. The number of amides is 2. The fraction of sp³-hybridized carbons (Fsp3) is 0.300. The van der Waals surface area contributed by atoms with E-state index in [1.807, 2.05) is 55.5 Å². The van der Waals surface area contributed by atoms with Crippen LogP contribution in [0.5, 0.6) is 5.75 Å². The number of nitrogens with one attached hydrogen (secondary N) is 1. The Labute approximate surface area is 148 Å². The monoisotopic (exact) mass is 340 g/mol. The Morgan fingerprint density at radius 2 is 1.76 bits per heavy atom. The highest BCUT2D eigenvalue weighted by atomic mass is 16.5. The minimum Gasteiger partial charge on any atom is -0.496 e. The van der Waals surface area contributed by atoms with Crippen LogP contribution in [0.2, 0.25) is 0 Å². The molecule has 0 radical (unpaired) electrons. The second-order valence-corrected chi connectivity index (χ2v) is 5.95.